The molecule has 0 spiro atoms. The molecule has 8 nitrogen and oxygen atoms in total. The van der Waals surface area contributed by atoms with Crippen molar-refractivity contribution in [3.63, 3.8) is 0 Å². The maximum Gasteiger partial charge on any atom is 0.165 e. The molecule has 0 aromatic carbocycles. The second-order valence-corrected chi connectivity index (χ2v) is 5.39. The first kappa shape index (κ1) is 14.4. The minimum atomic E-state index is -1.25. The summed E-state index contributed by atoms with van der Waals surface area (Å²) in [5, 5.41) is 38.9. The molecular weight excluding hydrogens is 344 g/mol. The van der Waals surface area contributed by atoms with E-state index in [0.29, 0.717) is 21.2 Å². The van der Waals surface area contributed by atoms with Crippen LogP contribution in [0.3, 0.4) is 0 Å². The Morgan fingerprint density at radius 2 is 2.19 bits per heavy atom. The number of ether oxygens (including phenoxy) is 1. The number of nitriles is 1. The molecule has 2 aromatic heterocycles. The normalized spacial score (nSPS) is 28.9. The predicted octanol–water partition coefficient (Wildman–Crippen LogP) is -0.323. The van der Waals surface area contributed by atoms with Gasteiger partial charge in [0.25, 0.3) is 0 Å². The van der Waals surface area contributed by atoms with Gasteiger partial charge in [0.1, 0.15) is 41.0 Å². The molecule has 0 saturated carbocycles. The molecule has 0 amide bonds. The summed E-state index contributed by atoms with van der Waals surface area (Å²) in [6, 6.07) is 2.04. The van der Waals surface area contributed by atoms with Crippen molar-refractivity contribution in [2.75, 3.05) is 6.61 Å². The maximum absolute atomic E-state index is 10.1. The third-order valence-corrected chi connectivity index (χ3v) is 4.27. The molecule has 2 aromatic rings. The summed E-state index contributed by atoms with van der Waals surface area (Å²) in [4.78, 5) is 7.98. The number of nitrogens with zero attached hydrogens (tertiary/aromatic N) is 4. The molecule has 3 rings (SSSR count). The molecule has 0 unspecified atom stereocenters. The van der Waals surface area contributed by atoms with E-state index in [1.165, 1.54) is 17.1 Å². The molecule has 0 aliphatic carbocycles. The number of halogens is 1. The van der Waals surface area contributed by atoms with Crippen LogP contribution in [-0.2, 0) is 4.74 Å². The van der Waals surface area contributed by atoms with Crippen molar-refractivity contribution in [3.05, 3.63) is 22.7 Å². The van der Waals surface area contributed by atoms with Gasteiger partial charge in [-0.2, -0.15) is 5.26 Å². The monoisotopic (exact) mass is 354 g/mol. The third kappa shape index (κ3) is 2.04. The predicted molar refractivity (Wildman–Crippen MR) is 73.0 cm³/mol. The van der Waals surface area contributed by atoms with Gasteiger partial charge in [-0.3, -0.25) is 4.57 Å². The Morgan fingerprint density at radius 1 is 1.43 bits per heavy atom. The standard InChI is InChI=1S/C12H11BrN4O4/c13-10-5(1-14)6-2-15-4-16-11(6)17(10)12-9(20)8(19)7(3-18)21-12/h2,4,7-9,12,18-20H,3H2/t7-,8+,9-,12+/m0/s1. The van der Waals surface area contributed by atoms with Gasteiger partial charge >= 0.3 is 0 Å². The topological polar surface area (TPSA) is 124 Å². The van der Waals surface area contributed by atoms with Crippen LogP contribution in [0.25, 0.3) is 11.0 Å². The smallest absolute Gasteiger partial charge is 0.165 e. The lowest BCUT2D eigenvalue weighted by Crippen LogP contribution is -2.33. The Hall–Kier alpha value is -1.57. The molecule has 9 heteroatoms. The first-order valence-corrected chi connectivity index (χ1v) is 6.91. The number of rotatable bonds is 2. The van der Waals surface area contributed by atoms with Gasteiger partial charge in [0.05, 0.1) is 17.6 Å². The highest BCUT2D eigenvalue weighted by Gasteiger charge is 2.44. The third-order valence-electron chi connectivity index (χ3n) is 3.49. The molecule has 1 aliphatic rings. The molecule has 0 radical (unpaired) electrons. The van der Waals surface area contributed by atoms with E-state index in [4.69, 9.17) is 9.84 Å². The fourth-order valence-corrected chi connectivity index (χ4v) is 3.12. The van der Waals surface area contributed by atoms with E-state index in [1.807, 2.05) is 6.07 Å². The van der Waals surface area contributed by atoms with Crippen molar-refractivity contribution >= 4 is 27.0 Å². The van der Waals surface area contributed by atoms with Crippen LogP contribution in [0.2, 0.25) is 0 Å². The molecule has 0 bridgehead atoms. The summed E-state index contributed by atoms with van der Waals surface area (Å²) in [5.41, 5.74) is 0.701. The van der Waals surface area contributed by atoms with E-state index >= 15 is 0 Å². The van der Waals surface area contributed by atoms with Crippen LogP contribution in [0.4, 0.5) is 0 Å². The van der Waals surface area contributed by atoms with E-state index in [2.05, 4.69) is 25.9 Å². The fourth-order valence-electron chi connectivity index (χ4n) is 2.45. The Morgan fingerprint density at radius 3 is 2.81 bits per heavy atom. The zero-order valence-corrected chi connectivity index (χ0v) is 12.2. The molecule has 1 aliphatic heterocycles. The maximum atomic E-state index is 10.1. The lowest BCUT2D eigenvalue weighted by molar-refractivity contribution is -0.0518. The van der Waals surface area contributed by atoms with Crippen LogP contribution >= 0.6 is 15.9 Å². The zero-order valence-electron chi connectivity index (χ0n) is 10.6. The molecule has 4 atom stereocenters. The average molecular weight is 355 g/mol. The van der Waals surface area contributed by atoms with Gasteiger partial charge < -0.3 is 20.1 Å². The van der Waals surface area contributed by atoms with Gasteiger partial charge in [-0.1, -0.05) is 0 Å². The Kier molecular flexibility index (Phi) is 3.64. The fraction of sp³-hybridized carbons (Fsp3) is 0.417. The average Bonchev–Trinajstić information content (AvgIpc) is 2.94. The van der Waals surface area contributed by atoms with Crippen molar-refractivity contribution in [2.45, 2.75) is 24.5 Å². The van der Waals surface area contributed by atoms with E-state index in [1.54, 1.807) is 0 Å². The van der Waals surface area contributed by atoms with Gasteiger partial charge in [-0.05, 0) is 15.9 Å². The lowest BCUT2D eigenvalue weighted by atomic mass is 10.1. The Balaban J connectivity index is 2.18. The summed E-state index contributed by atoms with van der Waals surface area (Å²) < 4.78 is 7.32. The van der Waals surface area contributed by atoms with Crippen molar-refractivity contribution in [2.24, 2.45) is 0 Å². The number of aliphatic hydroxyl groups excluding tert-OH is 3. The molecular formula is C12H11BrN4O4. The highest BCUT2D eigenvalue weighted by molar-refractivity contribution is 9.10. The molecule has 1 fully saturated rings. The highest BCUT2D eigenvalue weighted by Crippen LogP contribution is 2.37. The first-order valence-electron chi connectivity index (χ1n) is 6.12. The summed E-state index contributed by atoms with van der Waals surface area (Å²) in [7, 11) is 0. The second-order valence-electron chi connectivity index (χ2n) is 4.64. The van der Waals surface area contributed by atoms with Crippen LogP contribution in [-0.4, -0.2) is 54.8 Å². The first-order chi connectivity index (χ1) is 10.1. The molecule has 110 valence electrons. The largest absolute Gasteiger partial charge is 0.394 e. The minimum absolute atomic E-state index is 0.309. The lowest BCUT2D eigenvalue weighted by Gasteiger charge is -2.18. The number of aromatic nitrogens is 3. The van der Waals surface area contributed by atoms with Crippen molar-refractivity contribution < 1.29 is 20.1 Å². The van der Waals surface area contributed by atoms with Crippen LogP contribution in [0.5, 0.6) is 0 Å². The van der Waals surface area contributed by atoms with E-state index in [9.17, 15) is 15.5 Å². The second kappa shape index (κ2) is 5.32. The van der Waals surface area contributed by atoms with E-state index < -0.39 is 31.1 Å². The Labute approximate surface area is 127 Å². The number of hydrogen-bond acceptors (Lipinski definition) is 7. The molecule has 1 saturated heterocycles. The van der Waals surface area contributed by atoms with Gasteiger partial charge in [-0.25, -0.2) is 9.97 Å². The quantitative estimate of drug-likeness (QED) is 0.674. The minimum Gasteiger partial charge on any atom is -0.394 e. The highest BCUT2D eigenvalue weighted by atomic mass is 79.9. The zero-order chi connectivity index (χ0) is 15.1. The van der Waals surface area contributed by atoms with Crippen LogP contribution in [0, 0.1) is 11.3 Å². The summed E-state index contributed by atoms with van der Waals surface area (Å²) in [6.45, 7) is -0.425. The van der Waals surface area contributed by atoms with Crippen LogP contribution in [0.15, 0.2) is 17.1 Å². The van der Waals surface area contributed by atoms with Crippen LogP contribution in [0.1, 0.15) is 11.8 Å². The molecule has 3 N–H and O–H groups in total. The van der Waals surface area contributed by atoms with Crippen molar-refractivity contribution in [3.8, 4) is 6.07 Å². The van der Waals surface area contributed by atoms with Gasteiger partial charge in [-0.15, -0.1) is 0 Å². The number of aliphatic hydroxyl groups is 3. The number of hydrogen-bond donors (Lipinski definition) is 3. The molecule has 21 heavy (non-hydrogen) atoms. The van der Waals surface area contributed by atoms with Crippen molar-refractivity contribution in [1.82, 2.24) is 14.5 Å². The summed E-state index contributed by atoms with van der Waals surface area (Å²) >= 11 is 3.29. The van der Waals surface area contributed by atoms with Crippen LogP contribution < -0.4 is 0 Å². The van der Waals surface area contributed by atoms with E-state index in [-0.39, 0.29) is 0 Å². The van der Waals surface area contributed by atoms with Gasteiger partial charge in [0.2, 0.25) is 0 Å². The number of fused-ring (bicyclic) bond motifs is 1. The van der Waals surface area contributed by atoms with Gasteiger partial charge in [0.15, 0.2) is 6.23 Å². The summed E-state index contributed by atoms with van der Waals surface area (Å²) in [6.07, 6.45) is -1.54. The SMILES string of the molecule is N#Cc1c(Br)n([C@@H]2O[C@@H](CO)[C@@H](O)[C@@H]2O)c2ncncc12. The van der Waals surface area contributed by atoms with Gasteiger partial charge in [0, 0.05) is 6.20 Å². The van der Waals surface area contributed by atoms with Crippen molar-refractivity contribution in [1.29, 1.82) is 5.26 Å². The Bertz CT molecular complexity index is 728. The van der Waals surface area contributed by atoms with E-state index in [0.717, 1.165) is 0 Å². The summed E-state index contributed by atoms with van der Waals surface area (Å²) in [5.74, 6) is 0. The molecule has 3 heterocycles.